The number of carbonyl (C=O) groups excluding carboxylic acids is 1. The van der Waals surface area contributed by atoms with E-state index in [1.54, 1.807) is 0 Å². The van der Waals surface area contributed by atoms with Crippen LogP contribution in [0.5, 0.6) is 0 Å². The van der Waals surface area contributed by atoms with Crippen molar-refractivity contribution in [3.05, 3.63) is 148 Å². The number of hydrogen-bond donors (Lipinski definition) is 0. The van der Waals surface area contributed by atoms with Crippen molar-refractivity contribution >= 4 is 11.5 Å². The van der Waals surface area contributed by atoms with Crippen LogP contribution in [0.15, 0.2) is 115 Å². The van der Waals surface area contributed by atoms with Crippen LogP contribution in [0.2, 0.25) is 0 Å². The zero-order chi connectivity index (χ0) is 21.5. The largest absolute Gasteiger partial charge is 0.440 e. The van der Waals surface area contributed by atoms with Crippen molar-refractivity contribution in [1.29, 1.82) is 0 Å². The van der Waals surface area contributed by atoms with Gasteiger partial charge in [0.15, 0.2) is 5.60 Å². The van der Waals surface area contributed by atoms with E-state index in [9.17, 15) is 4.79 Å². The van der Waals surface area contributed by atoms with Gasteiger partial charge in [-0.1, -0.05) is 103 Å². The Bertz CT molecular complexity index is 1450. The second kappa shape index (κ2) is 7.11. The predicted octanol–water partition coefficient (Wildman–Crippen LogP) is 5.97. The van der Waals surface area contributed by atoms with E-state index >= 15 is 0 Å². The van der Waals surface area contributed by atoms with E-state index in [1.165, 1.54) is 0 Å². The average Bonchev–Trinajstić information content (AvgIpc) is 3.31. The predicted molar refractivity (Wildman–Crippen MR) is 125 cm³/mol. The van der Waals surface area contributed by atoms with Crippen LogP contribution in [0.4, 0.5) is 0 Å². The van der Waals surface area contributed by atoms with E-state index in [1.807, 2.05) is 91.0 Å². The minimum atomic E-state index is -1.04. The lowest BCUT2D eigenvalue weighted by Gasteiger charge is -2.26. The first-order chi connectivity index (χ1) is 15.8. The molecule has 0 fully saturated rings. The Morgan fingerprint density at radius 1 is 0.594 bits per heavy atom. The molecule has 32 heavy (non-hydrogen) atoms. The van der Waals surface area contributed by atoms with E-state index in [-0.39, 0.29) is 5.97 Å². The maximum Gasteiger partial charge on any atom is 0.340 e. The fraction of sp³-hybridized carbons (Fsp3) is 0.0333. The van der Waals surface area contributed by atoms with Gasteiger partial charge in [-0.2, -0.15) is 0 Å². The Morgan fingerprint density at radius 3 is 1.88 bits per heavy atom. The summed E-state index contributed by atoms with van der Waals surface area (Å²) in [5, 5.41) is 0. The Kier molecular flexibility index (Phi) is 4.09. The van der Waals surface area contributed by atoms with Crippen LogP contribution in [-0.2, 0) is 10.3 Å². The van der Waals surface area contributed by atoms with Crippen molar-refractivity contribution in [3.8, 4) is 11.8 Å². The van der Waals surface area contributed by atoms with Gasteiger partial charge in [0.2, 0.25) is 0 Å². The highest BCUT2D eigenvalue weighted by Crippen LogP contribution is 2.56. The highest BCUT2D eigenvalue weighted by molar-refractivity contribution is 6.01. The first kappa shape index (κ1) is 18.4. The second-order valence-electron chi connectivity index (χ2n) is 7.89. The van der Waals surface area contributed by atoms with Crippen LogP contribution in [0, 0.1) is 11.8 Å². The van der Waals surface area contributed by atoms with Gasteiger partial charge in [-0.3, -0.25) is 0 Å². The number of carbonyl (C=O) groups is 1. The Morgan fingerprint density at radius 2 is 1.16 bits per heavy atom. The van der Waals surface area contributed by atoms with Crippen LogP contribution in [0.25, 0.3) is 5.57 Å². The van der Waals surface area contributed by atoms with E-state index < -0.39 is 5.60 Å². The van der Waals surface area contributed by atoms with Crippen LogP contribution >= 0.6 is 0 Å². The van der Waals surface area contributed by atoms with E-state index in [0.717, 1.165) is 39.0 Å². The minimum Gasteiger partial charge on any atom is -0.440 e. The summed E-state index contributed by atoms with van der Waals surface area (Å²) in [6, 6.07) is 35.9. The molecule has 4 aromatic carbocycles. The van der Waals surface area contributed by atoms with Crippen LogP contribution < -0.4 is 0 Å². The molecule has 2 aliphatic rings. The molecular weight excluding hydrogens is 392 g/mol. The van der Waals surface area contributed by atoms with Gasteiger partial charge in [-0.15, -0.1) is 0 Å². The standard InChI is InChI=1S/C30H18O2/c31-29-24-16-8-10-18-26(24)30(32-29)25-17-9-7-15-23(25)28(22-13-5-2-6-14-22)27(30)20-19-21-11-3-1-4-12-21/h1-18H. The van der Waals surface area contributed by atoms with Crippen molar-refractivity contribution in [2.24, 2.45) is 0 Å². The summed E-state index contributed by atoms with van der Waals surface area (Å²) in [4.78, 5) is 13.0. The summed E-state index contributed by atoms with van der Waals surface area (Å²) in [6.07, 6.45) is 0. The highest BCUT2D eigenvalue weighted by atomic mass is 16.6. The smallest absolute Gasteiger partial charge is 0.340 e. The van der Waals surface area contributed by atoms with Gasteiger partial charge in [-0.25, -0.2) is 4.79 Å². The summed E-state index contributed by atoms with van der Waals surface area (Å²) < 4.78 is 6.26. The van der Waals surface area contributed by atoms with Gasteiger partial charge < -0.3 is 4.74 Å². The van der Waals surface area contributed by atoms with Gasteiger partial charge in [0.05, 0.1) is 11.1 Å². The lowest BCUT2D eigenvalue weighted by Crippen LogP contribution is -2.28. The molecule has 0 bridgehead atoms. The zero-order valence-electron chi connectivity index (χ0n) is 17.2. The van der Waals surface area contributed by atoms with E-state index in [2.05, 4.69) is 30.0 Å². The molecule has 2 heteroatoms. The van der Waals surface area contributed by atoms with Crippen molar-refractivity contribution < 1.29 is 9.53 Å². The number of esters is 1. The highest BCUT2D eigenvalue weighted by Gasteiger charge is 2.55. The van der Waals surface area contributed by atoms with E-state index in [0.29, 0.717) is 5.56 Å². The van der Waals surface area contributed by atoms with Crippen molar-refractivity contribution in [2.45, 2.75) is 5.60 Å². The van der Waals surface area contributed by atoms with Gasteiger partial charge in [-0.05, 0) is 29.3 Å². The molecule has 0 saturated heterocycles. The van der Waals surface area contributed by atoms with Crippen LogP contribution in [0.1, 0.15) is 38.2 Å². The molecule has 1 aliphatic heterocycles. The molecule has 4 aromatic rings. The minimum absolute atomic E-state index is 0.316. The summed E-state index contributed by atoms with van der Waals surface area (Å²) >= 11 is 0. The Balaban J connectivity index is 1.72. The molecule has 0 radical (unpaired) electrons. The monoisotopic (exact) mass is 410 g/mol. The molecule has 1 unspecified atom stereocenters. The molecule has 6 rings (SSSR count). The third kappa shape index (κ3) is 2.58. The van der Waals surface area contributed by atoms with Crippen molar-refractivity contribution in [3.63, 3.8) is 0 Å². The molecule has 0 saturated carbocycles. The van der Waals surface area contributed by atoms with E-state index in [4.69, 9.17) is 4.74 Å². The lowest BCUT2D eigenvalue weighted by molar-refractivity contribution is 0.0262. The molecule has 2 nitrogen and oxygen atoms in total. The normalized spacial score (nSPS) is 18.1. The fourth-order valence-electron chi connectivity index (χ4n) is 4.77. The number of rotatable bonds is 1. The lowest BCUT2D eigenvalue weighted by atomic mass is 9.82. The Hall–Kier alpha value is -4.35. The topological polar surface area (TPSA) is 26.3 Å². The molecule has 150 valence electrons. The third-order valence-corrected chi connectivity index (χ3v) is 6.12. The van der Waals surface area contributed by atoms with Crippen LogP contribution in [-0.4, -0.2) is 5.97 Å². The number of fused-ring (bicyclic) bond motifs is 4. The number of hydrogen-bond acceptors (Lipinski definition) is 2. The Labute approximate surface area is 186 Å². The summed E-state index contributed by atoms with van der Waals surface area (Å²) in [7, 11) is 0. The van der Waals surface area contributed by atoms with Gasteiger partial charge >= 0.3 is 5.97 Å². The maximum absolute atomic E-state index is 13.0. The maximum atomic E-state index is 13.0. The molecule has 0 N–H and O–H groups in total. The van der Waals surface area contributed by atoms with Gasteiger partial charge in [0.25, 0.3) is 0 Å². The molecule has 0 amide bonds. The average molecular weight is 410 g/mol. The quantitative estimate of drug-likeness (QED) is 0.286. The first-order valence-corrected chi connectivity index (χ1v) is 10.6. The molecule has 1 heterocycles. The van der Waals surface area contributed by atoms with Gasteiger partial charge in [0, 0.05) is 22.3 Å². The summed E-state index contributed by atoms with van der Waals surface area (Å²) in [5.74, 6) is 6.44. The fourth-order valence-corrected chi connectivity index (χ4v) is 4.77. The molecular formula is C30H18O2. The third-order valence-electron chi connectivity index (χ3n) is 6.12. The first-order valence-electron chi connectivity index (χ1n) is 10.6. The molecule has 1 atom stereocenters. The number of ether oxygens (including phenoxy) is 1. The van der Waals surface area contributed by atoms with Crippen LogP contribution in [0.3, 0.4) is 0 Å². The summed E-state index contributed by atoms with van der Waals surface area (Å²) in [5.41, 5.74) is 6.16. The summed E-state index contributed by atoms with van der Waals surface area (Å²) in [6.45, 7) is 0. The van der Waals surface area contributed by atoms with Gasteiger partial charge in [0.1, 0.15) is 0 Å². The number of benzene rings is 4. The second-order valence-corrected chi connectivity index (χ2v) is 7.89. The molecule has 1 spiro atoms. The van der Waals surface area contributed by atoms with Crippen molar-refractivity contribution in [1.82, 2.24) is 0 Å². The van der Waals surface area contributed by atoms with Crippen molar-refractivity contribution in [2.75, 3.05) is 0 Å². The molecule has 0 aromatic heterocycles. The SMILES string of the molecule is O=C1OC2(C(C#Cc3ccccc3)=C(c3ccccc3)c3ccccc32)c2ccccc21. The molecule has 1 aliphatic carbocycles. The zero-order valence-corrected chi connectivity index (χ0v) is 17.2.